The Labute approximate surface area is 53.4 Å². The lowest BCUT2D eigenvalue weighted by Crippen LogP contribution is -2.16. The van der Waals surface area contributed by atoms with Gasteiger partial charge in [0, 0.05) is 0 Å². The molecule has 0 aliphatic carbocycles. The van der Waals surface area contributed by atoms with E-state index in [1.807, 2.05) is 0 Å². The van der Waals surface area contributed by atoms with Crippen LogP contribution < -0.4 is 0 Å². The maximum Gasteiger partial charge on any atom is 0.318 e. The van der Waals surface area contributed by atoms with Gasteiger partial charge in [0.1, 0.15) is 5.75 Å². The molecule has 0 aromatic heterocycles. The molecule has 53 valence electrons. The van der Waals surface area contributed by atoms with Crippen LogP contribution in [0, 0.1) is 6.92 Å². The minimum atomic E-state index is -3.43. The van der Waals surface area contributed by atoms with Crippen molar-refractivity contribution in [3.05, 3.63) is 6.92 Å². The fourth-order valence-electron chi connectivity index (χ4n) is 0.260. The van der Waals surface area contributed by atoms with Gasteiger partial charge in [-0.2, -0.15) is 0 Å². The van der Waals surface area contributed by atoms with Gasteiger partial charge in [-0.3, -0.25) is 4.79 Å². The molecule has 1 radical (unpaired) electrons. The molecule has 5 heteroatoms. The molecule has 0 rings (SSSR count). The third kappa shape index (κ3) is 3.96. The molecular weight excluding hydrogens is 144 g/mol. The van der Waals surface area contributed by atoms with E-state index in [-0.39, 0.29) is 5.75 Å². The lowest BCUT2D eigenvalue weighted by Gasteiger charge is -1.92. The molecule has 0 atom stereocenters. The predicted octanol–water partition coefficient (Wildman–Crippen LogP) is -0.680. The van der Waals surface area contributed by atoms with Crippen LogP contribution in [0.4, 0.5) is 0 Å². The standard InChI is InChI=1S/C4H7O4S/c1-2-9(7,8)3-4(5)6/h1-3H2,(H,5,6). The molecule has 9 heavy (non-hydrogen) atoms. The number of carboxylic acid groups (broad SMARTS) is 1. The van der Waals surface area contributed by atoms with Gasteiger partial charge in [-0.05, 0) is 6.92 Å². The highest BCUT2D eigenvalue weighted by atomic mass is 32.2. The molecule has 0 spiro atoms. The van der Waals surface area contributed by atoms with Crippen molar-refractivity contribution in [3.63, 3.8) is 0 Å². The maximum absolute atomic E-state index is 10.4. The molecule has 0 bridgehead atoms. The van der Waals surface area contributed by atoms with E-state index >= 15 is 0 Å². The van der Waals surface area contributed by atoms with E-state index in [1.54, 1.807) is 0 Å². The first-order chi connectivity index (χ1) is 3.98. The van der Waals surface area contributed by atoms with Crippen LogP contribution >= 0.6 is 0 Å². The van der Waals surface area contributed by atoms with E-state index in [0.717, 1.165) is 0 Å². The van der Waals surface area contributed by atoms with E-state index in [2.05, 4.69) is 6.92 Å². The Kier molecular flexibility index (Phi) is 2.64. The molecule has 0 aromatic carbocycles. The third-order valence-electron chi connectivity index (χ3n) is 0.654. The van der Waals surface area contributed by atoms with E-state index in [1.165, 1.54) is 0 Å². The van der Waals surface area contributed by atoms with Crippen LogP contribution in [0.25, 0.3) is 0 Å². The van der Waals surface area contributed by atoms with Gasteiger partial charge >= 0.3 is 5.97 Å². The van der Waals surface area contributed by atoms with Crippen molar-refractivity contribution >= 4 is 15.8 Å². The minimum absolute atomic E-state index is 0.362. The van der Waals surface area contributed by atoms with Crippen LogP contribution in [-0.4, -0.2) is 31.0 Å². The van der Waals surface area contributed by atoms with Gasteiger partial charge in [-0.25, -0.2) is 8.42 Å². The fraction of sp³-hybridized carbons (Fsp3) is 0.500. The average Bonchev–Trinajstić information content (AvgIpc) is 1.63. The van der Waals surface area contributed by atoms with Crippen LogP contribution in [0.5, 0.6) is 0 Å². The van der Waals surface area contributed by atoms with Gasteiger partial charge < -0.3 is 5.11 Å². The van der Waals surface area contributed by atoms with Crippen molar-refractivity contribution < 1.29 is 18.3 Å². The monoisotopic (exact) mass is 151 g/mol. The summed E-state index contributed by atoms with van der Waals surface area (Å²) in [4.78, 5) is 9.77. The Hall–Kier alpha value is -0.580. The van der Waals surface area contributed by atoms with Crippen LogP contribution in [0.1, 0.15) is 0 Å². The number of aliphatic carboxylic acids is 1. The maximum atomic E-state index is 10.4. The topological polar surface area (TPSA) is 71.4 Å². The second-order valence-electron chi connectivity index (χ2n) is 1.49. The third-order valence-corrected chi connectivity index (χ3v) is 1.96. The van der Waals surface area contributed by atoms with Gasteiger partial charge in [0.25, 0.3) is 0 Å². The SMILES string of the molecule is [CH2]CS(=O)(=O)CC(=O)O. The number of hydrogen-bond donors (Lipinski definition) is 1. The van der Waals surface area contributed by atoms with Crippen LogP contribution in [0.2, 0.25) is 0 Å². The highest BCUT2D eigenvalue weighted by molar-refractivity contribution is 7.92. The lowest BCUT2D eigenvalue weighted by atomic mass is 10.8. The number of rotatable bonds is 3. The zero-order valence-corrected chi connectivity index (χ0v) is 5.52. The summed E-state index contributed by atoms with van der Waals surface area (Å²) in [6, 6.07) is 0. The van der Waals surface area contributed by atoms with Gasteiger partial charge in [0.15, 0.2) is 9.84 Å². The Bertz CT molecular complexity index is 191. The molecular formula is C4H7O4S. The molecule has 0 aliphatic heterocycles. The van der Waals surface area contributed by atoms with Crippen LogP contribution in [-0.2, 0) is 14.6 Å². The molecule has 0 aliphatic rings. The highest BCUT2D eigenvalue weighted by Crippen LogP contribution is 1.86. The number of carbonyl (C=O) groups is 1. The first-order valence-corrected chi connectivity index (χ1v) is 4.01. The van der Waals surface area contributed by atoms with Gasteiger partial charge in [-0.15, -0.1) is 0 Å². The Morgan fingerprint density at radius 3 is 2.11 bits per heavy atom. The van der Waals surface area contributed by atoms with Crippen molar-refractivity contribution in [2.75, 3.05) is 11.5 Å². The smallest absolute Gasteiger partial charge is 0.318 e. The van der Waals surface area contributed by atoms with Crippen molar-refractivity contribution in [1.82, 2.24) is 0 Å². The van der Waals surface area contributed by atoms with E-state index in [9.17, 15) is 13.2 Å². The molecule has 0 aromatic rings. The van der Waals surface area contributed by atoms with Gasteiger partial charge in [-0.1, -0.05) is 0 Å². The molecule has 0 saturated carbocycles. The van der Waals surface area contributed by atoms with Crippen LogP contribution in [0.15, 0.2) is 0 Å². The van der Waals surface area contributed by atoms with Crippen molar-refractivity contribution in [2.24, 2.45) is 0 Å². The minimum Gasteiger partial charge on any atom is -0.480 e. The summed E-state index contributed by atoms with van der Waals surface area (Å²) in [5, 5.41) is 7.97. The molecule has 0 fully saturated rings. The molecule has 4 nitrogen and oxygen atoms in total. The summed E-state index contributed by atoms with van der Waals surface area (Å²) in [5.74, 6) is -2.52. The number of carboxylic acids is 1. The van der Waals surface area contributed by atoms with Crippen molar-refractivity contribution in [1.29, 1.82) is 0 Å². The summed E-state index contributed by atoms with van der Waals surface area (Å²) < 4.78 is 20.7. The summed E-state index contributed by atoms with van der Waals surface area (Å²) in [5.41, 5.74) is 0. The van der Waals surface area contributed by atoms with E-state index in [0.29, 0.717) is 0 Å². The van der Waals surface area contributed by atoms with Gasteiger partial charge in [0.2, 0.25) is 0 Å². The average molecular weight is 151 g/mol. The molecule has 0 heterocycles. The molecule has 0 amide bonds. The molecule has 0 saturated heterocycles. The quantitative estimate of drug-likeness (QED) is 0.580. The predicted molar refractivity (Wildman–Crippen MR) is 31.6 cm³/mol. The largest absolute Gasteiger partial charge is 0.480 e. The summed E-state index contributed by atoms with van der Waals surface area (Å²) in [6.07, 6.45) is 0. The summed E-state index contributed by atoms with van der Waals surface area (Å²) >= 11 is 0. The highest BCUT2D eigenvalue weighted by Gasteiger charge is 2.11. The molecule has 1 N–H and O–H groups in total. The Morgan fingerprint density at radius 2 is 2.00 bits per heavy atom. The van der Waals surface area contributed by atoms with Gasteiger partial charge in [0.05, 0.1) is 5.75 Å². The normalized spacial score (nSPS) is 11.2. The first kappa shape index (κ1) is 8.42. The summed E-state index contributed by atoms with van der Waals surface area (Å²) in [6.45, 7) is 3.06. The van der Waals surface area contributed by atoms with Crippen molar-refractivity contribution in [3.8, 4) is 0 Å². The Morgan fingerprint density at radius 1 is 1.56 bits per heavy atom. The summed E-state index contributed by atoms with van der Waals surface area (Å²) in [7, 11) is -3.43. The van der Waals surface area contributed by atoms with Crippen LogP contribution in [0.3, 0.4) is 0 Å². The van der Waals surface area contributed by atoms with E-state index in [4.69, 9.17) is 5.11 Å². The fourth-order valence-corrected chi connectivity index (χ4v) is 0.781. The second kappa shape index (κ2) is 2.82. The number of sulfone groups is 1. The molecule has 0 unspecified atom stereocenters. The van der Waals surface area contributed by atoms with Crippen molar-refractivity contribution in [2.45, 2.75) is 0 Å². The zero-order chi connectivity index (χ0) is 7.49. The number of hydrogen-bond acceptors (Lipinski definition) is 3. The zero-order valence-electron chi connectivity index (χ0n) is 4.70. The van der Waals surface area contributed by atoms with E-state index < -0.39 is 21.6 Å². The second-order valence-corrected chi connectivity index (χ2v) is 3.67. The Balaban J connectivity index is 4.06. The lowest BCUT2D eigenvalue weighted by molar-refractivity contribution is -0.134. The first-order valence-electron chi connectivity index (χ1n) is 2.19.